The van der Waals surface area contributed by atoms with E-state index in [-0.39, 0.29) is 6.03 Å². The third kappa shape index (κ3) is 2.50. The highest BCUT2D eigenvalue weighted by Crippen LogP contribution is 2.26. The van der Waals surface area contributed by atoms with Gasteiger partial charge in [-0.15, -0.1) is 0 Å². The number of benzene rings is 1. The quantitative estimate of drug-likeness (QED) is 0.855. The van der Waals surface area contributed by atoms with Crippen molar-refractivity contribution in [3.63, 3.8) is 0 Å². The van der Waals surface area contributed by atoms with E-state index in [1.165, 1.54) is 6.20 Å². The van der Waals surface area contributed by atoms with Crippen LogP contribution in [-0.2, 0) is 6.42 Å². The number of hydrogen-bond acceptors (Lipinski definition) is 3. The predicted molar refractivity (Wildman–Crippen MR) is 62.0 cm³/mol. The number of rotatable bonds is 4. The third-order valence-electron chi connectivity index (χ3n) is 2.48. The summed E-state index contributed by atoms with van der Waals surface area (Å²) in [6.45, 7) is 0. The average molecular weight is 233 g/mol. The van der Waals surface area contributed by atoms with Gasteiger partial charge in [0.15, 0.2) is 0 Å². The van der Waals surface area contributed by atoms with Crippen molar-refractivity contribution in [2.24, 2.45) is 0 Å². The molecule has 17 heavy (non-hydrogen) atoms. The van der Waals surface area contributed by atoms with Gasteiger partial charge in [0.25, 0.3) is 0 Å². The number of allylic oxidation sites excluding steroid dienone is 1. The molecule has 0 bridgehead atoms. The van der Waals surface area contributed by atoms with Crippen molar-refractivity contribution < 1.29 is 14.3 Å². The molecule has 89 valence electrons. The summed E-state index contributed by atoms with van der Waals surface area (Å²) in [5.74, 6) is 1.46. The van der Waals surface area contributed by atoms with Crippen LogP contribution in [0, 0.1) is 0 Å². The summed E-state index contributed by atoms with van der Waals surface area (Å²) in [6.07, 6.45) is 2.11. The van der Waals surface area contributed by atoms with Gasteiger partial charge in [-0.2, -0.15) is 5.32 Å². The number of carbonyl (C=O) groups excluding carboxylic acids is 1. The zero-order chi connectivity index (χ0) is 12.3. The normalized spacial score (nSPS) is 13.8. The minimum absolute atomic E-state index is 0.326. The summed E-state index contributed by atoms with van der Waals surface area (Å²) in [5, 5.41) is 6.28. The van der Waals surface area contributed by atoms with Crippen molar-refractivity contribution in [1.29, 1.82) is 0 Å². The van der Waals surface area contributed by atoms with Gasteiger partial charge in [-0.25, -0.2) is 4.79 Å². The molecule has 1 aliphatic rings. The van der Waals surface area contributed by atoms with Crippen LogP contribution < -0.4 is 20.1 Å². The fraction of sp³-hybridized carbons (Fsp3) is 0.250. The highest BCUT2D eigenvalue weighted by Gasteiger charge is 2.15. The highest BCUT2D eigenvalue weighted by atomic mass is 16.5. The summed E-state index contributed by atoms with van der Waals surface area (Å²) in [7, 11) is 3.21. The summed E-state index contributed by atoms with van der Waals surface area (Å²) in [4.78, 5) is 10.9. The molecule has 1 aliphatic heterocycles. The van der Waals surface area contributed by atoms with E-state index in [1.807, 2.05) is 18.2 Å². The van der Waals surface area contributed by atoms with Crippen molar-refractivity contribution >= 4 is 6.03 Å². The molecule has 1 aromatic rings. The SMILES string of the molecule is COc1ccc(CC2=C[N]C(=O)N2)c(OC)c1. The lowest BCUT2D eigenvalue weighted by Crippen LogP contribution is -2.19. The summed E-state index contributed by atoms with van der Waals surface area (Å²) >= 11 is 0. The van der Waals surface area contributed by atoms with Crippen LogP contribution in [0.25, 0.3) is 0 Å². The molecule has 0 saturated carbocycles. The Morgan fingerprint density at radius 2 is 2.12 bits per heavy atom. The zero-order valence-corrected chi connectivity index (χ0v) is 9.69. The predicted octanol–water partition coefficient (Wildman–Crippen LogP) is 1.42. The summed E-state index contributed by atoms with van der Waals surface area (Å²) < 4.78 is 10.4. The largest absolute Gasteiger partial charge is 0.497 e. The highest BCUT2D eigenvalue weighted by molar-refractivity contribution is 5.79. The van der Waals surface area contributed by atoms with Crippen LogP contribution in [-0.4, -0.2) is 20.3 Å². The Labute approximate surface area is 99.4 Å². The van der Waals surface area contributed by atoms with Crippen molar-refractivity contribution in [2.45, 2.75) is 6.42 Å². The molecular formula is C12H13N2O3. The number of carbonyl (C=O) groups is 1. The lowest BCUT2D eigenvalue weighted by molar-refractivity contribution is 0.248. The Morgan fingerprint density at radius 1 is 1.29 bits per heavy atom. The van der Waals surface area contributed by atoms with Crippen LogP contribution in [0.5, 0.6) is 11.5 Å². The van der Waals surface area contributed by atoms with Gasteiger partial charge >= 0.3 is 6.03 Å². The van der Waals surface area contributed by atoms with Crippen molar-refractivity contribution in [3.8, 4) is 11.5 Å². The lowest BCUT2D eigenvalue weighted by Gasteiger charge is -2.10. The maximum Gasteiger partial charge on any atom is 0.345 e. The number of nitrogens with one attached hydrogen (secondary N) is 1. The molecule has 0 saturated heterocycles. The van der Waals surface area contributed by atoms with Crippen LogP contribution in [0.1, 0.15) is 5.56 Å². The number of urea groups is 1. The molecule has 0 fully saturated rings. The first-order valence-electron chi connectivity index (χ1n) is 5.14. The van der Waals surface area contributed by atoms with E-state index in [1.54, 1.807) is 14.2 Å². The van der Waals surface area contributed by atoms with Gasteiger partial charge in [0.1, 0.15) is 11.5 Å². The van der Waals surface area contributed by atoms with Gasteiger partial charge in [-0.05, 0) is 6.07 Å². The Kier molecular flexibility index (Phi) is 3.18. The van der Waals surface area contributed by atoms with Gasteiger partial charge in [0, 0.05) is 23.7 Å². The van der Waals surface area contributed by atoms with Crippen molar-refractivity contribution in [3.05, 3.63) is 35.7 Å². The van der Waals surface area contributed by atoms with E-state index in [0.29, 0.717) is 6.42 Å². The fourth-order valence-electron chi connectivity index (χ4n) is 1.63. The number of ether oxygens (including phenoxy) is 2. The molecule has 1 N–H and O–H groups in total. The van der Waals surface area contributed by atoms with E-state index in [0.717, 1.165) is 22.8 Å². The molecule has 1 radical (unpaired) electrons. The number of hydrogen-bond donors (Lipinski definition) is 1. The minimum atomic E-state index is -0.326. The Balaban J connectivity index is 2.18. The van der Waals surface area contributed by atoms with Crippen LogP contribution >= 0.6 is 0 Å². The van der Waals surface area contributed by atoms with Crippen molar-refractivity contribution in [2.75, 3.05) is 14.2 Å². The van der Waals surface area contributed by atoms with Gasteiger partial charge in [-0.1, -0.05) is 6.07 Å². The Morgan fingerprint density at radius 3 is 2.71 bits per heavy atom. The second-order valence-corrected chi connectivity index (χ2v) is 3.57. The minimum Gasteiger partial charge on any atom is -0.497 e. The lowest BCUT2D eigenvalue weighted by atomic mass is 10.1. The second kappa shape index (κ2) is 4.78. The molecule has 0 atom stereocenters. The first-order valence-corrected chi connectivity index (χ1v) is 5.14. The van der Waals surface area contributed by atoms with Gasteiger partial charge in [0.2, 0.25) is 0 Å². The summed E-state index contributed by atoms with van der Waals surface area (Å²) in [6, 6.07) is 5.24. The first-order chi connectivity index (χ1) is 8.22. The third-order valence-corrected chi connectivity index (χ3v) is 2.48. The maximum absolute atomic E-state index is 10.9. The van der Waals surface area contributed by atoms with Gasteiger partial charge in [-0.3, -0.25) is 0 Å². The Bertz CT molecular complexity index is 469. The van der Waals surface area contributed by atoms with Gasteiger partial charge in [0.05, 0.1) is 20.4 Å². The number of nitrogens with zero attached hydrogens (tertiary/aromatic N) is 1. The van der Waals surface area contributed by atoms with E-state index < -0.39 is 0 Å². The monoisotopic (exact) mass is 233 g/mol. The van der Waals surface area contributed by atoms with Crippen LogP contribution in [0.3, 0.4) is 0 Å². The maximum atomic E-state index is 10.9. The fourth-order valence-corrected chi connectivity index (χ4v) is 1.63. The second-order valence-electron chi connectivity index (χ2n) is 3.57. The molecule has 1 aromatic carbocycles. The van der Waals surface area contributed by atoms with E-state index >= 15 is 0 Å². The smallest absolute Gasteiger partial charge is 0.345 e. The number of methoxy groups -OCH3 is 2. The van der Waals surface area contributed by atoms with Crippen LogP contribution in [0.2, 0.25) is 0 Å². The molecule has 0 aliphatic carbocycles. The average Bonchev–Trinajstić information content (AvgIpc) is 2.75. The standard InChI is InChI=1S/C12H13N2O3/c1-16-10-4-3-8(11(6-10)17-2)5-9-7-13-12(15)14-9/h3-4,6-7H,5H2,1-2H3,(H,14,15). The molecular weight excluding hydrogens is 220 g/mol. The molecule has 5 nitrogen and oxygen atoms in total. The zero-order valence-electron chi connectivity index (χ0n) is 9.69. The van der Waals surface area contributed by atoms with E-state index in [4.69, 9.17) is 9.47 Å². The molecule has 2 amide bonds. The van der Waals surface area contributed by atoms with E-state index in [9.17, 15) is 4.79 Å². The van der Waals surface area contributed by atoms with Crippen LogP contribution in [0.15, 0.2) is 30.1 Å². The molecule has 0 aromatic heterocycles. The van der Waals surface area contributed by atoms with Crippen molar-refractivity contribution in [1.82, 2.24) is 10.6 Å². The number of amides is 2. The molecule has 2 rings (SSSR count). The molecule has 0 unspecified atom stereocenters. The molecule has 0 spiro atoms. The van der Waals surface area contributed by atoms with Crippen LogP contribution in [0.4, 0.5) is 4.79 Å². The van der Waals surface area contributed by atoms with E-state index in [2.05, 4.69) is 10.6 Å². The summed E-state index contributed by atoms with van der Waals surface area (Å²) in [5.41, 5.74) is 1.73. The first kappa shape index (κ1) is 11.3. The van der Waals surface area contributed by atoms with Gasteiger partial charge < -0.3 is 14.8 Å². The molecule has 5 heteroatoms. The Hall–Kier alpha value is -2.17. The topological polar surface area (TPSA) is 61.7 Å². The molecule has 1 heterocycles.